The lowest BCUT2D eigenvalue weighted by molar-refractivity contribution is 0.289. The second kappa shape index (κ2) is 8.22. The van der Waals surface area contributed by atoms with Crippen molar-refractivity contribution < 1.29 is 9.26 Å². The molecule has 3 aromatic rings. The molecule has 0 aliphatic carbocycles. The molecule has 0 aliphatic rings. The topological polar surface area (TPSA) is 66.0 Å². The van der Waals surface area contributed by atoms with Gasteiger partial charge in [-0.15, -0.1) is 16.8 Å². The van der Waals surface area contributed by atoms with E-state index in [-0.39, 0.29) is 0 Å². The van der Waals surface area contributed by atoms with E-state index < -0.39 is 0 Å². The second-order valence-corrected chi connectivity index (χ2v) is 6.64. The van der Waals surface area contributed by atoms with Crippen molar-refractivity contribution in [3.63, 3.8) is 0 Å². The first kappa shape index (κ1) is 17.6. The standard InChI is InChI=1S/C17H17ClN4O2S/c1-3-8-22-16(10-23-15-6-4-13(18)5-7-15)19-20-17(22)25-11-14-9-12(2)24-21-14/h3-7,9H,1,8,10-11H2,2H3. The van der Waals surface area contributed by atoms with Crippen LogP contribution in [0.3, 0.4) is 0 Å². The number of rotatable bonds is 8. The predicted octanol–water partition coefficient (Wildman–Crippen LogP) is 4.29. The Morgan fingerprint density at radius 2 is 2.12 bits per heavy atom. The molecule has 3 rings (SSSR count). The first-order valence-electron chi connectivity index (χ1n) is 7.62. The zero-order chi connectivity index (χ0) is 17.6. The number of nitrogens with zero attached hydrogens (tertiary/aromatic N) is 4. The Labute approximate surface area is 154 Å². The summed E-state index contributed by atoms with van der Waals surface area (Å²) in [6.07, 6.45) is 1.81. The van der Waals surface area contributed by atoms with Crippen molar-refractivity contribution in [2.75, 3.05) is 0 Å². The fraction of sp³-hybridized carbons (Fsp3) is 0.235. The average Bonchev–Trinajstić information content (AvgIpc) is 3.19. The molecule has 8 heteroatoms. The highest BCUT2D eigenvalue weighted by Gasteiger charge is 2.13. The minimum Gasteiger partial charge on any atom is -0.486 e. The minimum atomic E-state index is 0.312. The number of allylic oxidation sites excluding steroid dienone is 1. The molecule has 0 spiro atoms. The van der Waals surface area contributed by atoms with Crippen LogP contribution in [-0.2, 0) is 18.9 Å². The van der Waals surface area contributed by atoms with Gasteiger partial charge in [0.1, 0.15) is 18.1 Å². The van der Waals surface area contributed by atoms with Gasteiger partial charge in [-0.1, -0.05) is 34.6 Å². The molecule has 0 unspecified atom stereocenters. The van der Waals surface area contributed by atoms with Crippen molar-refractivity contribution in [1.29, 1.82) is 0 Å². The first-order valence-corrected chi connectivity index (χ1v) is 8.98. The van der Waals surface area contributed by atoms with Crippen LogP contribution >= 0.6 is 23.4 Å². The van der Waals surface area contributed by atoms with Gasteiger partial charge in [0.2, 0.25) is 0 Å². The monoisotopic (exact) mass is 376 g/mol. The molecule has 0 bridgehead atoms. The molecule has 0 saturated heterocycles. The van der Waals surface area contributed by atoms with Crippen LogP contribution in [0.25, 0.3) is 0 Å². The minimum absolute atomic E-state index is 0.312. The van der Waals surface area contributed by atoms with Crippen molar-refractivity contribution in [3.8, 4) is 5.75 Å². The van der Waals surface area contributed by atoms with Gasteiger partial charge in [0.25, 0.3) is 0 Å². The normalized spacial score (nSPS) is 10.8. The third-order valence-corrected chi connectivity index (χ3v) is 4.56. The Morgan fingerprint density at radius 3 is 2.80 bits per heavy atom. The highest BCUT2D eigenvalue weighted by molar-refractivity contribution is 7.98. The van der Waals surface area contributed by atoms with E-state index in [1.54, 1.807) is 30.0 Å². The van der Waals surface area contributed by atoms with Crippen molar-refractivity contribution in [3.05, 3.63) is 65.3 Å². The Hall–Kier alpha value is -2.25. The molecule has 0 radical (unpaired) electrons. The quantitative estimate of drug-likeness (QED) is 0.431. The van der Waals surface area contributed by atoms with E-state index in [0.717, 1.165) is 28.2 Å². The van der Waals surface area contributed by atoms with Crippen LogP contribution < -0.4 is 4.74 Å². The third kappa shape index (κ3) is 4.64. The SMILES string of the molecule is C=CCn1c(COc2ccc(Cl)cc2)nnc1SCc1cc(C)on1. The number of halogens is 1. The summed E-state index contributed by atoms with van der Waals surface area (Å²) in [6.45, 7) is 6.58. The summed E-state index contributed by atoms with van der Waals surface area (Å²) >= 11 is 7.42. The van der Waals surface area contributed by atoms with E-state index in [4.69, 9.17) is 20.9 Å². The summed E-state index contributed by atoms with van der Waals surface area (Å²) in [6, 6.07) is 9.11. The van der Waals surface area contributed by atoms with E-state index >= 15 is 0 Å². The fourth-order valence-electron chi connectivity index (χ4n) is 2.15. The summed E-state index contributed by atoms with van der Waals surface area (Å²) < 4.78 is 12.8. The molecule has 2 heterocycles. The summed E-state index contributed by atoms with van der Waals surface area (Å²) in [4.78, 5) is 0. The van der Waals surface area contributed by atoms with Gasteiger partial charge >= 0.3 is 0 Å². The van der Waals surface area contributed by atoms with Crippen LogP contribution in [0.5, 0.6) is 5.75 Å². The molecule has 0 fully saturated rings. The summed E-state index contributed by atoms with van der Waals surface area (Å²) in [5, 5.41) is 13.9. The highest BCUT2D eigenvalue weighted by Crippen LogP contribution is 2.23. The largest absolute Gasteiger partial charge is 0.486 e. The van der Waals surface area contributed by atoms with Crippen LogP contribution in [0.15, 0.2) is 52.7 Å². The summed E-state index contributed by atoms with van der Waals surface area (Å²) in [7, 11) is 0. The zero-order valence-electron chi connectivity index (χ0n) is 13.7. The van der Waals surface area contributed by atoms with Gasteiger partial charge < -0.3 is 9.26 Å². The molecule has 0 N–H and O–H groups in total. The van der Waals surface area contributed by atoms with Crippen LogP contribution in [0, 0.1) is 6.92 Å². The molecule has 0 atom stereocenters. The molecular weight excluding hydrogens is 360 g/mol. The average molecular weight is 377 g/mol. The van der Waals surface area contributed by atoms with E-state index in [1.807, 2.05) is 29.7 Å². The molecule has 130 valence electrons. The van der Waals surface area contributed by atoms with Crippen molar-refractivity contribution in [2.24, 2.45) is 0 Å². The maximum Gasteiger partial charge on any atom is 0.191 e. The molecule has 0 amide bonds. The number of ether oxygens (including phenoxy) is 1. The van der Waals surface area contributed by atoms with E-state index in [1.165, 1.54) is 0 Å². The number of hydrogen-bond acceptors (Lipinski definition) is 6. The van der Waals surface area contributed by atoms with Crippen molar-refractivity contribution in [2.45, 2.75) is 31.0 Å². The predicted molar refractivity (Wildman–Crippen MR) is 96.8 cm³/mol. The Bertz CT molecular complexity index is 845. The number of benzene rings is 1. The van der Waals surface area contributed by atoms with Gasteiger partial charge in [0.15, 0.2) is 11.0 Å². The number of hydrogen-bond donors (Lipinski definition) is 0. The van der Waals surface area contributed by atoms with E-state index in [2.05, 4.69) is 21.9 Å². The van der Waals surface area contributed by atoms with Crippen LogP contribution in [0.1, 0.15) is 17.3 Å². The van der Waals surface area contributed by atoms with Gasteiger partial charge in [0, 0.05) is 23.4 Å². The second-order valence-electron chi connectivity index (χ2n) is 5.26. The van der Waals surface area contributed by atoms with Crippen LogP contribution in [0.4, 0.5) is 0 Å². The van der Waals surface area contributed by atoms with Crippen molar-refractivity contribution >= 4 is 23.4 Å². The maximum absolute atomic E-state index is 5.88. The lowest BCUT2D eigenvalue weighted by Gasteiger charge is -2.09. The number of aryl methyl sites for hydroxylation is 1. The number of thioether (sulfide) groups is 1. The van der Waals surface area contributed by atoms with Crippen molar-refractivity contribution in [1.82, 2.24) is 19.9 Å². The smallest absolute Gasteiger partial charge is 0.191 e. The molecule has 6 nitrogen and oxygen atoms in total. The van der Waals surface area contributed by atoms with Gasteiger partial charge in [-0.3, -0.25) is 4.57 Å². The van der Waals surface area contributed by atoms with Gasteiger partial charge in [-0.2, -0.15) is 0 Å². The lowest BCUT2D eigenvalue weighted by Crippen LogP contribution is -2.07. The Balaban J connectivity index is 1.67. The molecular formula is C17H17ClN4O2S. The fourth-order valence-corrected chi connectivity index (χ4v) is 3.12. The Kier molecular flexibility index (Phi) is 5.78. The molecule has 25 heavy (non-hydrogen) atoms. The van der Waals surface area contributed by atoms with Gasteiger partial charge in [0.05, 0.1) is 5.69 Å². The molecule has 2 aromatic heterocycles. The highest BCUT2D eigenvalue weighted by atomic mass is 35.5. The van der Waals surface area contributed by atoms with Gasteiger partial charge in [-0.05, 0) is 31.2 Å². The molecule has 0 saturated carbocycles. The van der Waals surface area contributed by atoms with E-state index in [9.17, 15) is 0 Å². The molecule has 1 aromatic carbocycles. The molecule has 0 aliphatic heterocycles. The third-order valence-electron chi connectivity index (χ3n) is 3.31. The van der Waals surface area contributed by atoms with Crippen LogP contribution in [-0.4, -0.2) is 19.9 Å². The first-order chi connectivity index (χ1) is 12.2. The summed E-state index contributed by atoms with van der Waals surface area (Å²) in [5.74, 6) is 2.91. The number of aromatic nitrogens is 4. The van der Waals surface area contributed by atoms with Crippen LogP contribution in [0.2, 0.25) is 5.02 Å². The lowest BCUT2D eigenvalue weighted by atomic mass is 10.3. The maximum atomic E-state index is 5.88. The van der Waals surface area contributed by atoms with E-state index in [0.29, 0.717) is 23.9 Å². The Morgan fingerprint density at radius 1 is 1.32 bits per heavy atom. The van der Waals surface area contributed by atoms with Gasteiger partial charge in [-0.25, -0.2) is 0 Å². The summed E-state index contributed by atoms with van der Waals surface area (Å²) in [5.41, 5.74) is 0.870. The zero-order valence-corrected chi connectivity index (χ0v) is 15.3.